The Kier molecular flexibility index (Phi) is 2.72. The van der Waals surface area contributed by atoms with Crippen molar-refractivity contribution in [1.82, 2.24) is 24.5 Å². The number of rotatable bonds is 2. The van der Waals surface area contributed by atoms with Crippen molar-refractivity contribution >= 4 is 5.78 Å². The fourth-order valence-corrected chi connectivity index (χ4v) is 2.93. The minimum atomic E-state index is 0.0600. The molecule has 110 valence electrons. The second-order valence-corrected chi connectivity index (χ2v) is 5.39. The highest BCUT2D eigenvalue weighted by atomic mass is 16.1. The van der Waals surface area contributed by atoms with Gasteiger partial charge in [0.25, 0.3) is 0 Å². The number of carbonyl (C=O) groups is 1. The number of imidazole rings is 1. The van der Waals surface area contributed by atoms with Crippen LogP contribution in [0.25, 0.3) is 11.4 Å². The summed E-state index contributed by atoms with van der Waals surface area (Å²) in [7, 11) is 0. The van der Waals surface area contributed by atoms with Crippen molar-refractivity contribution in [3.05, 3.63) is 53.4 Å². The van der Waals surface area contributed by atoms with E-state index in [-0.39, 0.29) is 5.78 Å². The van der Waals surface area contributed by atoms with E-state index in [0.29, 0.717) is 18.5 Å². The van der Waals surface area contributed by atoms with Crippen LogP contribution >= 0.6 is 0 Å². The van der Waals surface area contributed by atoms with E-state index in [9.17, 15) is 4.79 Å². The highest BCUT2D eigenvalue weighted by molar-refractivity contribution is 5.95. The number of ketones is 1. The number of hydrogen-bond acceptors (Lipinski definition) is 4. The molecule has 0 radical (unpaired) electrons. The summed E-state index contributed by atoms with van der Waals surface area (Å²) >= 11 is 0. The average Bonchev–Trinajstić information content (AvgIpc) is 3.08. The lowest BCUT2D eigenvalue weighted by Crippen LogP contribution is -2.06. The molecule has 0 saturated heterocycles. The van der Waals surface area contributed by atoms with Crippen molar-refractivity contribution in [2.45, 2.75) is 26.7 Å². The Hall–Kier alpha value is -2.76. The van der Waals surface area contributed by atoms with Gasteiger partial charge in [0, 0.05) is 12.8 Å². The molecule has 6 heteroatoms. The van der Waals surface area contributed by atoms with E-state index < -0.39 is 0 Å². The van der Waals surface area contributed by atoms with Gasteiger partial charge < -0.3 is 0 Å². The van der Waals surface area contributed by atoms with E-state index in [1.807, 2.05) is 47.4 Å². The molecule has 2 aromatic heterocycles. The molecule has 0 spiro atoms. The first kappa shape index (κ1) is 12.9. The average molecular weight is 293 g/mol. The molecule has 1 aromatic carbocycles. The molecular formula is C16H15N5O. The Morgan fingerprint density at radius 1 is 1.23 bits per heavy atom. The van der Waals surface area contributed by atoms with Gasteiger partial charge in [-0.3, -0.25) is 9.36 Å². The zero-order valence-electron chi connectivity index (χ0n) is 12.4. The normalized spacial score (nSPS) is 12.3. The quantitative estimate of drug-likeness (QED) is 0.532. The first-order chi connectivity index (χ1) is 10.7. The summed E-state index contributed by atoms with van der Waals surface area (Å²) in [5.41, 5.74) is 5.24. The molecule has 0 amide bonds. The van der Waals surface area contributed by atoms with E-state index in [0.717, 1.165) is 28.5 Å². The molecule has 22 heavy (non-hydrogen) atoms. The van der Waals surface area contributed by atoms with Crippen LogP contribution in [0, 0.1) is 6.92 Å². The third kappa shape index (κ3) is 1.67. The Balaban J connectivity index is 2.05. The van der Waals surface area contributed by atoms with Crippen LogP contribution in [0.4, 0.5) is 0 Å². The summed E-state index contributed by atoms with van der Waals surface area (Å²) in [5.74, 6) is 0.0600. The Labute approximate surface area is 127 Å². The summed E-state index contributed by atoms with van der Waals surface area (Å²) in [6.07, 6.45) is 2.77. The van der Waals surface area contributed by atoms with Crippen molar-refractivity contribution in [3.8, 4) is 11.4 Å². The molecule has 1 aliphatic rings. The number of aromatic nitrogens is 5. The minimum absolute atomic E-state index is 0.0600. The number of nitrogens with zero attached hydrogens (tertiary/aromatic N) is 5. The maximum Gasteiger partial charge on any atom is 0.182 e. The van der Waals surface area contributed by atoms with Crippen LogP contribution in [-0.2, 0) is 6.42 Å². The van der Waals surface area contributed by atoms with Gasteiger partial charge in [0.15, 0.2) is 5.78 Å². The highest BCUT2D eigenvalue weighted by Crippen LogP contribution is 2.29. The van der Waals surface area contributed by atoms with Gasteiger partial charge in [0.05, 0.1) is 28.5 Å². The number of para-hydroxylation sites is 2. The van der Waals surface area contributed by atoms with E-state index in [1.54, 1.807) is 6.33 Å². The van der Waals surface area contributed by atoms with Crippen LogP contribution in [0.3, 0.4) is 0 Å². The zero-order chi connectivity index (χ0) is 15.3. The molecule has 1 aliphatic heterocycles. The first-order valence-electron chi connectivity index (χ1n) is 7.31. The van der Waals surface area contributed by atoms with Crippen molar-refractivity contribution < 1.29 is 4.79 Å². The topological polar surface area (TPSA) is 65.6 Å². The second kappa shape index (κ2) is 4.62. The lowest BCUT2D eigenvalue weighted by Gasteiger charge is -2.08. The van der Waals surface area contributed by atoms with E-state index >= 15 is 0 Å². The number of benzene rings is 1. The highest BCUT2D eigenvalue weighted by Gasteiger charge is 2.26. The Morgan fingerprint density at radius 3 is 2.77 bits per heavy atom. The Morgan fingerprint density at radius 2 is 2.00 bits per heavy atom. The molecule has 3 heterocycles. The standard InChI is InChI=1S/C16H15N5O/c1-3-15(22)16-14-8-13-10(2)18-19-21(13)12-7-5-4-6-11(12)20(14)9-17-16/h4-7,9H,3,8H2,1-2H3. The fourth-order valence-electron chi connectivity index (χ4n) is 2.93. The van der Waals surface area contributed by atoms with Gasteiger partial charge in [0.2, 0.25) is 0 Å². The summed E-state index contributed by atoms with van der Waals surface area (Å²) in [5, 5.41) is 8.45. The van der Waals surface area contributed by atoms with Gasteiger partial charge in [0.1, 0.15) is 12.0 Å². The minimum Gasteiger partial charge on any atom is -0.300 e. The van der Waals surface area contributed by atoms with Crippen molar-refractivity contribution in [3.63, 3.8) is 0 Å². The molecule has 0 bridgehead atoms. The van der Waals surface area contributed by atoms with Crippen LogP contribution in [0.15, 0.2) is 30.6 Å². The Bertz CT molecular complexity index is 890. The van der Waals surface area contributed by atoms with Crippen molar-refractivity contribution in [2.24, 2.45) is 0 Å². The van der Waals surface area contributed by atoms with E-state index in [2.05, 4.69) is 15.3 Å². The van der Waals surface area contributed by atoms with Crippen LogP contribution < -0.4 is 0 Å². The van der Waals surface area contributed by atoms with Crippen LogP contribution in [-0.4, -0.2) is 30.3 Å². The molecule has 3 aromatic rings. The van der Waals surface area contributed by atoms with Gasteiger partial charge in [-0.25, -0.2) is 9.67 Å². The van der Waals surface area contributed by atoms with E-state index in [4.69, 9.17) is 0 Å². The largest absolute Gasteiger partial charge is 0.300 e. The molecular weight excluding hydrogens is 278 g/mol. The summed E-state index contributed by atoms with van der Waals surface area (Å²) in [6, 6.07) is 7.95. The number of aryl methyl sites for hydroxylation is 1. The predicted octanol–water partition coefficient (Wildman–Crippen LogP) is 2.26. The maximum atomic E-state index is 12.2. The predicted molar refractivity (Wildman–Crippen MR) is 80.6 cm³/mol. The third-order valence-corrected chi connectivity index (χ3v) is 4.11. The first-order valence-corrected chi connectivity index (χ1v) is 7.31. The summed E-state index contributed by atoms with van der Waals surface area (Å²) < 4.78 is 3.85. The van der Waals surface area contributed by atoms with E-state index in [1.165, 1.54) is 0 Å². The van der Waals surface area contributed by atoms with Crippen molar-refractivity contribution in [1.29, 1.82) is 0 Å². The molecule has 0 fully saturated rings. The maximum absolute atomic E-state index is 12.2. The molecule has 4 rings (SSSR count). The molecule has 6 nitrogen and oxygen atoms in total. The third-order valence-electron chi connectivity index (χ3n) is 4.11. The molecule has 0 atom stereocenters. The molecule has 0 saturated carbocycles. The van der Waals surface area contributed by atoms with Gasteiger partial charge in [-0.1, -0.05) is 24.3 Å². The monoisotopic (exact) mass is 293 g/mol. The van der Waals surface area contributed by atoms with Gasteiger partial charge in [-0.05, 0) is 19.1 Å². The summed E-state index contributed by atoms with van der Waals surface area (Å²) in [6.45, 7) is 3.80. The molecule has 0 aliphatic carbocycles. The van der Waals surface area contributed by atoms with Gasteiger partial charge in [-0.15, -0.1) is 5.10 Å². The van der Waals surface area contributed by atoms with Crippen molar-refractivity contribution in [2.75, 3.05) is 0 Å². The van der Waals surface area contributed by atoms with Gasteiger partial charge >= 0.3 is 0 Å². The lowest BCUT2D eigenvalue weighted by molar-refractivity contribution is 0.0983. The van der Waals surface area contributed by atoms with Gasteiger partial charge in [-0.2, -0.15) is 0 Å². The second-order valence-electron chi connectivity index (χ2n) is 5.39. The number of fused-ring (bicyclic) bond motifs is 5. The zero-order valence-corrected chi connectivity index (χ0v) is 12.4. The molecule has 0 N–H and O–H groups in total. The number of hydrogen-bond donors (Lipinski definition) is 0. The smallest absolute Gasteiger partial charge is 0.182 e. The van der Waals surface area contributed by atoms with Crippen LogP contribution in [0.2, 0.25) is 0 Å². The van der Waals surface area contributed by atoms with Crippen LogP contribution in [0.1, 0.15) is 40.9 Å². The number of Topliss-reactive ketones (excluding diaryl/α,β-unsaturated/α-hetero) is 1. The fraction of sp³-hybridized carbons (Fsp3) is 0.250. The SMILES string of the molecule is CCC(=O)c1ncn2c1Cc1c(C)nnn1-c1ccccc1-2. The lowest BCUT2D eigenvalue weighted by atomic mass is 10.1. The number of carbonyl (C=O) groups excluding carboxylic acids is 1. The van der Waals surface area contributed by atoms with Crippen LogP contribution in [0.5, 0.6) is 0 Å². The molecule has 0 unspecified atom stereocenters. The summed E-state index contributed by atoms with van der Waals surface area (Å²) in [4.78, 5) is 16.6.